The lowest BCUT2D eigenvalue weighted by molar-refractivity contribution is -0.134. The summed E-state index contributed by atoms with van der Waals surface area (Å²) < 4.78 is 1.59. The number of carbonyl (C=O) groups is 1. The van der Waals surface area contributed by atoms with Crippen molar-refractivity contribution in [3.63, 3.8) is 0 Å². The van der Waals surface area contributed by atoms with Crippen LogP contribution in [0.5, 0.6) is 0 Å². The average Bonchev–Trinajstić information content (AvgIpc) is 2.71. The minimum atomic E-state index is -0.833. The number of thiol groups is 1. The molecule has 16 heavy (non-hydrogen) atoms. The predicted octanol–water partition coefficient (Wildman–Crippen LogP) is 1.04. The van der Waals surface area contributed by atoms with Crippen molar-refractivity contribution in [1.29, 1.82) is 0 Å². The van der Waals surface area contributed by atoms with Crippen molar-refractivity contribution < 1.29 is 9.90 Å². The zero-order valence-corrected chi connectivity index (χ0v) is 9.37. The van der Waals surface area contributed by atoms with E-state index >= 15 is 0 Å². The van der Waals surface area contributed by atoms with Crippen LogP contribution in [0.15, 0.2) is 35.5 Å². The van der Waals surface area contributed by atoms with Gasteiger partial charge in [-0.25, -0.2) is 4.68 Å². The number of hydrogen-bond acceptors (Lipinski definition) is 5. The van der Waals surface area contributed by atoms with Gasteiger partial charge in [-0.05, 0) is 34.7 Å². The maximum Gasteiger partial charge on any atom is 0.300 e. The number of carboxylic acids is 1. The normalized spacial score (nSPS) is 9.12. The average molecular weight is 238 g/mol. The molecule has 2 aromatic rings. The molecule has 0 aliphatic heterocycles. The first-order valence-electron chi connectivity index (χ1n) is 4.31. The van der Waals surface area contributed by atoms with E-state index in [0.717, 1.165) is 17.5 Å². The van der Waals surface area contributed by atoms with Gasteiger partial charge in [-0.1, -0.05) is 0 Å². The van der Waals surface area contributed by atoms with E-state index in [1.54, 1.807) is 11.0 Å². The summed E-state index contributed by atoms with van der Waals surface area (Å²) in [7, 11) is 0. The molecule has 2 rings (SSSR count). The number of aliphatic carboxylic acids is 1. The van der Waals surface area contributed by atoms with Gasteiger partial charge in [-0.2, -0.15) is 0 Å². The molecule has 7 heteroatoms. The summed E-state index contributed by atoms with van der Waals surface area (Å²) in [5.41, 5.74) is 0.929. The fraction of sp³-hybridized carbons (Fsp3) is 0.111. The Balaban J connectivity index is 0.000000280. The van der Waals surface area contributed by atoms with Gasteiger partial charge in [-0.3, -0.25) is 4.79 Å². The summed E-state index contributed by atoms with van der Waals surface area (Å²) in [5, 5.41) is 18.2. The summed E-state index contributed by atoms with van der Waals surface area (Å²) in [6.45, 7) is 1.08. The number of carboxylic acid groups (broad SMARTS) is 1. The van der Waals surface area contributed by atoms with E-state index in [4.69, 9.17) is 9.90 Å². The summed E-state index contributed by atoms with van der Waals surface area (Å²) in [6, 6.07) is 7.58. The highest BCUT2D eigenvalue weighted by molar-refractivity contribution is 7.80. The Morgan fingerprint density at radius 1 is 1.38 bits per heavy atom. The molecule has 0 unspecified atom stereocenters. The van der Waals surface area contributed by atoms with Gasteiger partial charge in [0.25, 0.3) is 5.97 Å². The SMILES string of the molecule is CC(=O)O.Sc1ccc(-n2cnnn2)cc1. The molecule has 0 saturated heterocycles. The maximum absolute atomic E-state index is 9.00. The van der Waals surface area contributed by atoms with Crippen LogP contribution in [-0.4, -0.2) is 31.3 Å². The van der Waals surface area contributed by atoms with Crippen LogP contribution in [0.1, 0.15) is 6.92 Å². The number of nitrogens with zero attached hydrogens (tertiary/aromatic N) is 4. The minimum Gasteiger partial charge on any atom is -0.481 e. The van der Waals surface area contributed by atoms with Crippen molar-refractivity contribution in [3.8, 4) is 5.69 Å². The first-order chi connectivity index (χ1) is 7.59. The zero-order chi connectivity index (χ0) is 12.0. The van der Waals surface area contributed by atoms with E-state index in [0.29, 0.717) is 0 Å². The molecule has 1 aromatic heterocycles. The van der Waals surface area contributed by atoms with Crippen LogP contribution in [0, 0.1) is 0 Å². The van der Waals surface area contributed by atoms with Gasteiger partial charge < -0.3 is 5.11 Å². The van der Waals surface area contributed by atoms with E-state index in [1.807, 2.05) is 24.3 Å². The molecule has 0 atom stereocenters. The molecule has 1 N–H and O–H groups in total. The Bertz CT molecular complexity index is 437. The molecule has 0 saturated carbocycles. The smallest absolute Gasteiger partial charge is 0.300 e. The monoisotopic (exact) mass is 238 g/mol. The van der Waals surface area contributed by atoms with Crippen molar-refractivity contribution >= 4 is 18.6 Å². The molecule has 84 valence electrons. The highest BCUT2D eigenvalue weighted by Crippen LogP contribution is 2.09. The lowest BCUT2D eigenvalue weighted by Crippen LogP contribution is -1.93. The van der Waals surface area contributed by atoms with Crippen LogP contribution >= 0.6 is 12.6 Å². The highest BCUT2D eigenvalue weighted by Gasteiger charge is 1.95. The van der Waals surface area contributed by atoms with Crippen LogP contribution in [0.25, 0.3) is 5.69 Å². The van der Waals surface area contributed by atoms with E-state index in [-0.39, 0.29) is 0 Å². The number of benzene rings is 1. The largest absolute Gasteiger partial charge is 0.481 e. The lowest BCUT2D eigenvalue weighted by Gasteiger charge is -1.97. The quantitative estimate of drug-likeness (QED) is 0.725. The van der Waals surface area contributed by atoms with Crippen molar-refractivity contribution in [1.82, 2.24) is 20.2 Å². The van der Waals surface area contributed by atoms with Gasteiger partial charge in [0.05, 0.1) is 5.69 Å². The molecular weight excluding hydrogens is 228 g/mol. The van der Waals surface area contributed by atoms with Gasteiger partial charge in [-0.15, -0.1) is 17.7 Å². The number of rotatable bonds is 1. The summed E-state index contributed by atoms with van der Waals surface area (Å²) in [4.78, 5) is 9.92. The minimum absolute atomic E-state index is 0.833. The lowest BCUT2D eigenvalue weighted by atomic mass is 10.3. The van der Waals surface area contributed by atoms with Crippen LogP contribution in [0.2, 0.25) is 0 Å². The van der Waals surface area contributed by atoms with Gasteiger partial charge >= 0.3 is 0 Å². The van der Waals surface area contributed by atoms with Crippen LogP contribution in [-0.2, 0) is 4.79 Å². The van der Waals surface area contributed by atoms with E-state index in [2.05, 4.69) is 28.2 Å². The fourth-order valence-corrected chi connectivity index (χ4v) is 1.03. The second kappa shape index (κ2) is 5.86. The molecule has 0 radical (unpaired) electrons. The van der Waals surface area contributed by atoms with Crippen molar-refractivity contribution in [2.45, 2.75) is 11.8 Å². The number of aromatic nitrogens is 4. The van der Waals surface area contributed by atoms with E-state index < -0.39 is 5.97 Å². The third-order valence-electron chi connectivity index (χ3n) is 1.46. The van der Waals surface area contributed by atoms with Gasteiger partial charge in [0.1, 0.15) is 6.33 Å². The Kier molecular flexibility index (Phi) is 4.46. The third-order valence-corrected chi connectivity index (χ3v) is 1.76. The first kappa shape index (κ1) is 12.2. The highest BCUT2D eigenvalue weighted by atomic mass is 32.1. The second-order valence-corrected chi connectivity index (χ2v) is 3.31. The predicted molar refractivity (Wildman–Crippen MR) is 59.7 cm³/mol. The van der Waals surface area contributed by atoms with Crippen LogP contribution in [0.4, 0.5) is 0 Å². The van der Waals surface area contributed by atoms with Crippen LogP contribution in [0.3, 0.4) is 0 Å². The fourth-order valence-electron chi connectivity index (χ4n) is 0.885. The Labute approximate surface area is 97.3 Å². The molecule has 0 aliphatic carbocycles. The summed E-state index contributed by atoms with van der Waals surface area (Å²) >= 11 is 4.17. The molecule has 0 bridgehead atoms. The van der Waals surface area contributed by atoms with E-state index in [9.17, 15) is 0 Å². The molecule has 0 fully saturated rings. The van der Waals surface area contributed by atoms with Crippen molar-refractivity contribution in [3.05, 3.63) is 30.6 Å². The summed E-state index contributed by atoms with van der Waals surface area (Å²) in [5.74, 6) is -0.833. The Morgan fingerprint density at radius 3 is 2.38 bits per heavy atom. The molecule has 0 spiro atoms. The molecular formula is C9H10N4O2S. The zero-order valence-electron chi connectivity index (χ0n) is 8.48. The number of tetrazole rings is 1. The topological polar surface area (TPSA) is 80.9 Å². The van der Waals surface area contributed by atoms with Gasteiger partial charge in [0, 0.05) is 11.8 Å². The van der Waals surface area contributed by atoms with Crippen LogP contribution < -0.4 is 0 Å². The van der Waals surface area contributed by atoms with Crippen molar-refractivity contribution in [2.75, 3.05) is 0 Å². The molecule has 0 amide bonds. The molecule has 1 aromatic carbocycles. The Morgan fingerprint density at radius 2 is 1.94 bits per heavy atom. The molecule has 1 heterocycles. The molecule has 0 aliphatic rings. The first-order valence-corrected chi connectivity index (χ1v) is 4.76. The van der Waals surface area contributed by atoms with E-state index in [1.165, 1.54) is 0 Å². The van der Waals surface area contributed by atoms with Gasteiger partial charge in [0.15, 0.2) is 0 Å². The standard InChI is InChI=1S/C7H6N4S.C2H4O2/c12-7-3-1-6(2-4-7)11-5-8-9-10-11;1-2(3)4/h1-5,12H;1H3,(H,3,4). The Hall–Kier alpha value is -1.89. The maximum atomic E-state index is 9.00. The number of hydrogen-bond donors (Lipinski definition) is 2. The second-order valence-electron chi connectivity index (χ2n) is 2.79. The summed E-state index contributed by atoms with van der Waals surface area (Å²) in [6.07, 6.45) is 1.55. The van der Waals surface area contributed by atoms with Gasteiger partial charge in [0.2, 0.25) is 0 Å². The molecule has 6 nitrogen and oxygen atoms in total. The third kappa shape index (κ3) is 4.09. The van der Waals surface area contributed by atoms with Crippen molar-refractivity contribution in [2.24, 2.45) is 0 Å².